The third kappa shape index (κ3) is 4.98. The van der Waals surface area contributed by atoms with E-state index in [4.69, 9.17) is 9.47 Å². The maximum Gasteiger partial charge on any atom is 0.124 e. The monoisotopic (exact) mass is 315 g/mol. The Hall–Kier alpha value is -2.04. The van der Waals surface area contributed by atoms with E-state index in [0.717, 1.165) is 24.4 Å². The van der Waals surface area contributed by atoms with E-state index in [-0.39, 0.29) is 0 Å². The van der Waals surface area contributed by atoms with Gasteiger partial charge in [0.2, 0.25) is 0 Å². The zero-order chi connectivity index (χ0) is 16.7. The fraction of sp³-hybridized carbons (Fsp3) is 0.368. The number of hydrogen-bond acceptors (Lipinski definition) is 4. The van der Waals surface area contributed by atoms with Crippen molar-refractivity contribution < 1.29 is 14.6 Å². The van der Waals surface area contributed by atoms with E-state index in [9.17, 15) is 5.11 Å². The highest BCUT2D eigenvalue weighted by Gasteiger charge is 2.15. The smallest absolute Gasteiger partial charge is 0.124 e. The highest BCUT2D eigenvalue weighted by atomic mass is 16.5. The Kier molecular flexibility index (Phi) is 6.44. The average Bonchev–Trinajstić information content (AvgIpc) is 2.60. The van der Waals surface area contributed by atoms with Gasteiger partial charge in [0.05, 0.1) is 20.3 Å². The van der Waals surface area contributed by atoms with Gasteiger partial charge in [-0.25, -0.2) is 0 Å². The van der Waals surface area contributed by atoms with E-state index in [1.54, 1.807) is 14.2 Å². The summed E-state index contributed by atoms with van der Waals surface area (Å²) in [6.07, 6.45) is 0.0469. The van der Waals surface area contributed by atoms with E-state index in [2.05, 4.69) is 24.1 Å². The van der Waals surface area contributed by atoms with Gasteiger partial charge in [0, 0.05) is 18.7 Å². The Labute approximate surface area is 138 Å². The summed E-state index contributed by atoms with van der Waals surface area (Å²) in [6.45, 7) is 1.65. The molecular weight excluding hydrogens is 290 g/mol. The molecule has 0 amide bonds. The number of rotatable bonds is 8. The SMILES string of the molecule is COc1ccc(OC)c(C(O)CCN(C)Cc2ccccc2)c1. The summed E-state index contributed by atoms with van der Waals surface area (Å²) in [5.41, 5.74) is 2.03. The van der Waals surface area contributed by atoms with Gasteiger partial charge in [0.15, 0.2) is 0 Å². The van der Waals surface area contributed by atoms with Crippen molar-refractivity contribution in [2.45, 2.75) is 19.1 Å². The lowest BCUT2D eigenvalue weighted by Gasteiger charge is -2.20. The van der Waals surface area contributed by atoms with Crippen molar-refractivity contribution in [1.82, 2.24) is 4.90 Å². The first-order chi connectivity index (χ1) is 11.1. The Bertz CT molecular complexity index is 601. The molecule has 23 heavy (non-hydrogen) atoms. The second-order valence-corrected chi connectivity index (χ2v) is 5.64. The van der Waals surface area contributed by atoms with Crippen LogP contribution in [0.5, 0.6) is 11.5 Å². The molecule has 2 aromatic carbocycles. The van der Waals surface area contributed by atoms with Crippen LogP contribution in [0.2, 0.25) is 0 Å². The predicted octanol–water partition coefficient (Wildman–Crippen LogP) is 3.26. The Morgan fingerprint density at radius 3 is 2.43 bits per heavy atom. The summed E-state index contributed by atoms with van der Waals surface area (Å²) in [5, 5.41) is 10.5. The summed E-state index contributed by atoms with van der Waals surface area (Å²) in [6, 6.07) is 15.8. The Morgan fingerprint density at radius 2 is 1.78 bits per heavy atom. The summed E-state index contributed by atoms with van der Waals surface area (Å²) in [5.74, 6) is 1.40. The molecule has 0 aromatic heterocycles. The first-order valence-electron chi connectivity index (χ1n) is 7.76. The first kappa shape index (κ1) is 17.3. The molecule has 124 valence electrons. The maximum absolute atomic E-state index is 10.5. The molecule has 0 bridgehead atoms. The normalized spacial score (nSPS) is 12.2. The molecule has 0 radical (unpaired) electrons. The van der Waals surface area contributed by atoms with E-state index in [0.29, 0.717) is 12.2 Å². The second-order valence-electron chi connectivity index (χ2n) is 5.64. The fourth-order valence-electron chi connectivity index (χ4n) is 2.57. The van der Waals surface area contributed by atoms with Crippen molar-refractivity contribution in [2.75, 3.05) is 27.8 Å². The molecule has 0 aliphatic heterocycles. The van der Waals surface area contributed by atoms with Crippen molar-refractivity contribution in [3.8, 4) is 11.5 Å². The van der Waals surface area contributed by atoms with Gasteiger partial charge in [-0.3, -0.25) is 0 Å². The molecule has 1 unspecified atom stereocenters. The van der Waals surface area contributed by atoms with Gasteiger partial charge in [-0.1, -0.05) is 30.3 Å². The van der Waals surface area contributed by atoms with Gasteiger partial charge in [-0.05, 0) is 37.2 Å². The van der Waals surface area contributed by atoms with E-state index in [1.165, 1.54) is 5.56 Å². The Balaban J connectivity index is 1.95. The average molecular weight is 315 g/mol. The van der Waals surface area contributed by atoms with Gasteiger partial charge in [-0.15, -0.1) is 0 Å². The van der Waals surface area contributed by atoms with Crippen LogP contribution in [-0.4, -0.2) is 37.8 Å². The lowest BCUT2D eigenvalue weighted by Crippen LogP contribution is -2.21. The molecule has 0 heterocycles. The van der Waals surface area contributed by atoms with Crippen molar-refractivity contribution in [2.24, 2.45) is 0 Å². The van der Waals surface area contributed by atoms with Gasteiger partial charge in [-0.2, -0.15) is 0 Å². The molecule has 1 N–H and O–H groups in total. The van der Waals surface area contributed by atoms with Crippen LogP contribution in [0.4, 0.5) is 0 Å². The van der Waals surface area contributed by atoms with E-state index in [1.807, 2.05) is 36.4 Å². The van der Waals surface area contributed by atoms with Crippen LogP contribution in [0.25, 0.3) is 0 Å². The van der Waals surface area contributed by atoms with Crippen molar-refractivity contribution in [3.05, 3.63) is 59.7 Å². The van der Waals surface area contributed by atoms with Gasteiger partial charge in [0.1, 0.15) is 11.5 Å². The summed E-state index contributed by atoms with van der Waals surface area (Å²) >= 11 is 0. The Morgan fingerprint density at radius 1 is 1.04 bits per heavy atom. The van der Waals surface area contributed by atoms with Crippen LogP contribution >= 0.6 is 0 Å². The first-order valence-corrected chi connectivity index (χ1v) is 7.76. The molecule has 0 aliphatic rings. The van der Waals surface area contributed by atoms with Gasteiger partial charge < -0.3 is 19.5 Å². The van der Waals surface area contributed by atoms with Gasteiger partial charge >= 0.3 is 0 Å². The minimum atomic E-state index is -0.585. The number of methoxy groups -OCH3 is 2. The van der Waals surface area contributed by atoms with Crippen molar-refractivity contribution in [3.63, 3.8) is 0 Å². The van der Waals surface area contributed by atoms with Crippen LogP contribution in [-0.2, 0) is 6.54 Å². The number of benzene rings is 2. The second kappa shape index (κ2) is 8.56. The predicted molar refractivity (Wildman–Crippen MR) is 91.9 cm³/mol. The molecule has 1 atom stereocenters. The molecule has 0 fully saturated rings. The maximum atomic E-state index is 10.5. The van der Waals surface area contributed by atoms with E-state index >= 15 is 0 Å². The number of aliphatic hydroxyl groups excluding tert-OH is 1. The van der Waals surface area contributed by atoms with Crippen LogP contribution in [0.3, 0.4) is 0 Å². The molecule has 2 aromatic rings. The number of aliphatic hydroxyl groups is 1. The highest BCUT2D eigenvalue weighted by Crippen LogP contribution is 2.31. The third-order valence-electron chi connectivity index (χ3n) is 3.88. The zero-order valence-electron chi connectivity index (χ0n) is 14.0. The summed E-state index contributed by atoms with van der Waals surface area (Å²) < 4.78 is 10.6. The van der Waals surface area contributed by atoms with Crippen LogP contribution in [0.15, 0.2) is 48.5 Å². The number of nitrogens with zero attached hydrogens (tertiary/aromatic N) is 1. The van der Waals surface area contributed by atoms with E-state index < -0.39 is 6.10 Å². The van der Waals surface area contributed by atoms with Gasteiger partial charge in [0.25, 0.3) is 0 Å². The molecular formula is C19H25NO3. The van der Waals surface area contributed by atoms with Crippen molar-refractivity contribution >= 4 is 0 Å². The number of ether oxygens (including phenoxy) is 2. The third-order valence-corrected chi connectivity index (χ3v) is 3.88. The summed E-state index contributed by atoms with van der Waals surface area (Å²) in [4.78, 5) is 2.20. The zero-order valence-corrected chi connectivity index (χ0v) is 14.0. The molecule has 0 aliphatic carbocycles. The minimum absolute atomic E-state index is 0.585. The molecule has 4 nitrogen and oxygen atoms in total. The molecule has 4 heteroatoms. The lowest BCUT2D eigenvalue weighted by atomic mass is 10.0. The van der Waals surface area contributed by atoms with Crippen molar-refractivity contribution in [1.29, 1.82) is 0 Å². The molecule has 0 spiro atoms. The summed E-state index contributed by atoms with van der Waals surface area (Å²) in [7, 11) is 5.29. The molecule has 0 saturated carbocycles. The molecule has 2 rings (SSSR count). The minimum Gasteiger partial charge on any atom is -0.497 e. The standard InChI is InChI=1S/C19H25NO3/c1-20(14-15-7-5-4-6-8-15)12-11-18(21)17-13-16(22-2)9-10-19(17)23-3/h4-10,13,18,21H,11-12,14H2,1-3H3. The highest BCUT2D eigenvalue weighted by molar-refractivity contribution is 5.41. The topological polar surface area (TPSA) is 41.9 Å². The molecule has 0 saturated heterocycles. The largest absolute Gasteiger partial charge is 0.497 e. The quantitative estimate of drug-likeness (QED) is 0.812. The van der Waals surface area contributed by atoms with Crippen LogP contribution in [0.1, 0.15) is 23.7 Å². The van der Waals surface area contributed by atoms with Crippen LogP contribution < -0.4 is 9.47 Å². The number of hydrogen-bond donors (Lipinski definition) is 1. The van der Waals surface area contributed by atoms with Crippen LogP contribution in [0, 0.1) is 0 Å². The fourth-order valence-corrected chi connectivity index (χ4v) is 2.57. The lowest BCUT2D eigenvalue weighted by molar-refractivity contribution is 0.144.